The molecule has 0 unspecified atom stereocenters. The number of halogens is 3. The third-order valence-corrected chi connectivity index (χ3v) is 5.49. The van der Waals surface area contributed by atoms with Crippen LogP contribution in [0.25, 0.3) is 22.3 Å². The van der Waals surface area contributed by atoms with Crippen LogP contribution in [0.5, 0.6) is 5.75 Å². The second-order valence-electron chi connectivity index (χ2n) is 7.62. The van der Waals surface area contributed by atoms with Gasteiger partial charge in [0.2, 0.25) is 5.82 Å². The van der Waals surface area contributed by atoms with Gasteiger partial charge < -0.3 is 14.2 Å². The zero-order valence-corrected chi connectivity index (χ0v) is 17.9. The molecule has 0 N–H and O–H groups in total. The van der Waals surface area contributed by atoms with Crippen LogP contribution in [0.15, 0.2) is 79.9 Å². The maximum absolute atomic E-state index is 14.9. The molecule has 0 aliphatic carbocycles. The van der Waals surface area contributed by atoms with Crippen molar-refractivity contribution in [3.63, 3.8) is 0 Å². The molecule has 0 radical (unpaired) electrons. The lowest BCUT2D eigenvalue weighted by atomic mass is 9.95. The molecule has 0 bridgehead atoms. The summed E-state index contributed by atoms with van der Waals surface area (Å²) in [6.07, 6.45) is 2.59. The molecule has 0 spiro atoms. The van der Waals surface area contributed by atoms with E-state index in [-0.39, 0.29) is 29.7 Å². The van der Waals surface area contributed by atoms with E-state index in [1.54, 1.807) is 36.4 Å². The van der Waals surface area contributed by atoms with Gasteiger partial charge in [0.05, 0.1) is 13.2 Å². The highest BCUT2D eigenvalue weighted by Gasteiger charge is 2.23. The SMILES string of the molecule is C=CCOc1ccc(-c2ccc(-c3ccc(C4COC(C=C)OC4)cc3F)cc2)c(F)c1F. The van der Waals surface area contributed by atoms with Gasteiger partial charge in [0, 0.05) is 17.0 Å². The Morgan fingerprint density at radius 3 is 2.09 bits per heavy atom. The van der Waals surface area contributed by atoms with Crippen molar-refractivity contribution >= 4 is 0 Å². The van der Waals surface area contributed by atoms with Crippen molar-refractivity contribution in [2.45, 2.75) is 12.2 Å². The van der Waals surface area contributed by atoms with E-state index in [9.17, 15) is 13.2 Å². The summed E-state index contributed by atoms with van der Waals surface area (Å²) in [6, 6.07) is 14.5. The number of rotatable bonds is 7. The maximum atomic E-state index is 14.9. The first kappa shape index (κ1) is 22.8. The highest BCUT2D eigenvalue weighted by molar-refractivity contribution is 5.71. The Balaban J connectivity index is 1.53. The van der Waals surface area contributed by atoms with Gasteiger partial charge in [-0.15, -0.1) is 0 Å². The van der Waals surface area contributed by atoms with Crippen LogP contribution in [0.2, 0.25) is 0 Å². The lowest BCUT2D eigenvalue weighted by Crippen LogP contribution is -2.29. The summed E-state index contributed by atoms with van der Waals surface area (Å²) >= 11 is 0. The maximum Gasteiger partial charge on any atom is 0.201 e. The van der Waals surface area contributed by atoms with Gasteiger partial charge in [-0.05, 0) is 41.0 Å². The quantitative estimate of drug-likeness (QED) is 0.376. The molecule has 3 aromatic rings. The summed E-state index contributed by atoms with van der Waals surface area (Å²) in [6.45, 7) is 8.03. The summed E-state index contributed by atoms with van der Waals surface area (Å²) in [5, 5.41) is 0. The van der Waals surface area contributed by atoms with Crippen molar-refractivity contribution in [2.75, 3.05) is 19.8 Å². The Hall–Kier alpha value is -3.35. The van der Waals surface area contributed by atoms with Gasteiger partial charge in [0.1, 0.15) is 12.4 Å². The second kappa shape index (κ2) is 10.1. The van der Waals surface area contributed by atoms with Crippen LogP contribution in [0, 0.1) is 17.5 Å². The van der Waals surface area contributed by atoms with Gasteiger partial charge in [0.25, 0.3) is 0 Å². The molecule has 0 atom stereocenters. The molecule has 0 saturated carbocycles. The van der Waals surface area contributed by atoms with E-state index in [2.05, 4.69) is 13.2 Å². The van der Waals surface area contributed by atoms with E-state index in [1.165, 1.54) is 24.3 Å². The topological polar surface area (TPSA) is 27.7 Å². The fourth-order valence-electron chi connectivity index (χ4n) is 3.71. The number of hydrogen-bond acceptors (Lipinski definition) is 3. The van der Waals surface area contributed by atoms with Crippen molar-refractivity contribution in [3.8, 4) is 28.0 Å². The Bertz CT molecular complexity index is 1150. The van der Waals surface area contributed by atoms with Crippen molar-refractivity contribution < 1.29 is 27.4 Å². The molecule has 3 aromatic carbocycles. The summed E-state index contributed by atoms with van der Waals surface area (Å²) in [4.78, 5) is 0. The van der Waals surface area contributed by atoms with Gasteiger partial charge in [-0.25, -0.2) is 8.78 Å². The lowest BCUT2D eigenvalue weighted by Gasteiger charge is -2.28. The average Bonchev–Trinajstić information content (AvgIpc) is 2.85. The van der Waals surface area contributed by atoms with Crippen molar-refractivity contribution in [1.82, 2.24) is 0 Å². The van der Waals surface area contributed by atoms with Gasteiger partial charge in [0.15, 0.2) is 17.9 Å². The highest BCUT2D eigenvalue weighted by atomic mass is 19.2. The molecule has 3 nitrogen and oxygen atoms in total. The predicted molar refractivity (Wildman–Crippen MR) is 122 cm³/mol. The van der Waals surface area contributed by atoms with E-state index in [0.29, 0.717) is 29.9 Å². The fraction of sp³-hybridized carbons (Fsp3) is 0.185. The van der Waals surface area contributed by atoms with Crippen LogP contribution in [0.1, 0.15) is 11.5 Å². The Labute approximate surface area is 190 Å². The third kappa shape index (κ3) is 4.87. The molecule has 0 aromatic heterocycles. The van der Waals surface area contributed by atoms with E-state index < -0.39 is 17.9 Å². The molecule has 6 heteroatoms. The molecule has 170 valence electrons. The number of hydrogen-bond donors (Lipinski definition) is 0. The second-order valence-corrected chi connectivity index (χ2v) is 7.62. The van der Waals surface area contributed by atoms with Crippen LogP contribution in [-0.4, -0.2) is 26.1 Å². The molecular weight excluding hydrogens is 429 g/mol. The van der Waals surface area contributed by atoms with Crippen LogP contribution >= 0.6 is 0 Å². The largest absolute Gasteiger partial charge is 0.486 e. The molecule has 1 heterocycles. The number of benzene rings is 3. The molecule has 4 rings (SSSR count). The molecule has 33 heavy (non-hydrogen) atoms. The van der Waals surface area contributed by atoms with E-state index >= 15 is 0 Å². The Morgan fingerprint density at radius 1 is 0.848 bits per heavy atom. The van der Waals surface area contributed by atoms with E-state index in [4.69, 9.17) is 14.2 Å². The summed E-state index contributed by atoms with van der Waals surface area (Å²) in [5.41, 5.74) is 2.38. The minimum Gasteiger partial charge on any atom is -0.486 e. The summed E-state index contributed by atoms with van der Waals surface area (Å²) in [7, 11) is 0. The van der Waals surface area contributed by atoms with Crippen LogP contribution in [0.3, 0.4) is 0 Å². The highest BCUT2D eigenvalue weighted by Crippen LogP contribution is 2.33. The summed E-state index contributed by atoms with van der Waals surface area (Å²) < 4.78 is 59.9. The first-order valence-electron chi connectivity index (χ1n) is 10.5. The van der Waals surface area contributed by atoms with Crippen LogP contribution < -0.4 is 4.74 Å². The normalized spacial score (nSPS) is 18.0. The third-order valence-electron chi connectivity index (χ3n) is 5.49. The standard InChI is InChI=1S/C27H23F3O3/c1-3-13-31-24-12-11-22(26(29)27(24)30)18-7-5-17(6-8-18)21-10-9-19(14-23(21)28)20-15-32-25(4-2)33-16-20/h3-12,14,20,25H,1-2,13,15-16H2. The van der Waals surface area contributed by atoms with Crippen molar-refractivity contribution in [2.24, 2.45) is 0 Å². The molecule has 1 fully saturated rings. The van der Waals surface area contributed by atoms with Gasteiger partial charge in [-0.1, -0.05) is 55.6 Å². The molecule has 1 aliphatic rings. The van der Waals surface area contributed by atoms with E-state index in [0.717, 1.165) is 5.56 Å². The van der Waals surface area contributed by atoms with Gasteiger partial charge in [-0.3, -0.25) is 0 Å². The van der Waals surface area contributed by atoms with Crippen molar-refractivity contribution in [1.29, 1.82) is 0 Å². The minimum absolute atomic E-state index is 0.0663. The van der Waals surface area contributed by atoms with Crippen LogP contribution in [-0.2, 0) is 9.47 Å². The number of ether oxygens (including phenoxy) is 3. The van der Waals surface area contributed by atoms with Gasteiger partial charge >= 0.3 is 0 Å². The predicted octanol–water partition coefficient (Wildman–Crippen LogP) is 6.65. The molecular formula is C27H23F3O3. The monoisotopic (exact) mass is 452 g/mol. The first-order valence-corrected chi connectivity index (χ1v) is 10.5. The first-order chi connectivity index (χ1) is 16.0. The molecule has 0 amide bonds. The minimum atomic E-state index is -1.06. The Morgan fingerprint density at radius 2 is 1.48 bits per heavy atom. The molecule has 1 saturated heterocycles. The fourth-order valence-corrected chi connectivity index (χ4v) is 3.71. The zero-order valence-electron chi connectivity index (χ0n) is 17.9. The smallest absolute Gasteiger partial charge is 0.201 e. The Kier molecular flexibility index (Phi) is 6.96. The lowest BCUT2D eigenvalue weighted by molar-refractivity contribution is -0.159. The van der Waals surface area contributed by atoms with Gasteiger partial charge in [-0.2, -0.15) is 4.39 Å². The molecule has 1 aliphatic heterocycles. The van der Waals surface area contributed by atoms with E-state index in [1.807, 2.05) is 6.07 Å². The van der Waals surface area contributed by atoms with Crippen molar-refractivity contribution in [3.05, 3.63) is 103 Å². The van der Waals surface area contributed by atoms with Crippen LogP contribution in [0.4, 0.5) is 13.2 Å². The average molecular weight is 452 g/mol. The summed E-state index contributed by atoms with van der Waals surface area (Å²) in [5.74, 6) is -2.69. The zero-order chi connectivity index (χ0) is 23.4.